The van der Waals surface area contributed by atoms with Crippen LogP contribution in [0, 0.1) is 12.8 Å². The predicted octanol–water partition coefficient (Wildman–Crippen LogP) is 5.08. The SMILES string of the molecule is CC1C=CC=CC1(C)S(=O)(=O)O.Cc1ccccc1.c1ccccc1. The minimum atomic E-state index is -4.01. The monoisotopic (exact) mass is 358 g/mol. The van der Waals surface area contributed by atoms with Crippen molar-refractivity contribution in [1.29, 1.82) is 0 Å². The van der Waals surface area contributed by atoms with Crippen molar-refractivity contribution < 1.29 is 13.0 Å². The molecule has 25 heavy (non-hydrogen) atoms. The highest BCUT2D eigenvalue weighted by atomic mass is 32.2. The third kappa shape index (κ3) is 7.08. The predicted molar refractivity (Wildman–Crippen MR) is 105 cm³/mol. The number of hydrogen-bond donors (Lipinski definition) is 1. The van der Waals surface area contributed by atoms with Crippen molar-refractivity contribution in [3.63, 3.8) is 0 Å². The maximum absolute atomic E-state index is 11.0. The van der Waals surface area contributed by atoms with Crippen LogP contribution in [0.25, 0.3) is 0 Å². The van der Waals surface area contributed by atoms with Gasteiger partial charge in [0.15, 0.2) is 0 Å². The fourth-order valence-electron chi connectivity index (χ4n) is 2.06. The highest BCUT2D eigenvalue weighted by Crippen LogP contribution is 2.30. The van der Waals surface area contributed by atoms with E-state index in [1.54, 1.807) is 25.2 Å². The molecule has 2 unspecified atom stereocenters. The molecule has 2 aromatic carbocycles. The molecule has 0 spiro atoms. The molecule has 134 valence electrons. The van der Waals surface area contributed by atoms with Crippen LogP contribution in [0.15, 0.2) is 91.0 Å². The van der Waals surface area contributed by atoms with E-state index in [1.807, 2.05) is 54.6 Å². The highest BCUT2D eigenvalue weighted by molar-refractivity contribution is 7.87. The molecule has 0 amide bonds. The second-order valence-electron chi connectivity index (χ2n) is 6.00. The van der Waals surface area contributed by atoms with Crippen LogP contribution >= 0.6 is 0 Å². The first-order chi connectivity index (χ1) is 11.8. The van der Waals surface area contributed by atoms with E-state index >= 15 is 0 Å². The van der Waals surface area contributed by atoms with Crippen molar-refractivity contribution in [2.75, 3.05) is 0 Å². The number of aryl methyl sites for hydroxylation is 1. The second-order valence-corrected chi connectivity index (χ2v) is 7.83. The summed E-state index contributed by atoms with van der Waals surface area (Å²) >= 11 is 0. The summed E-state index contributed by atoms with van der Waals surface area (Å²) in [6.07, 6.45) is 6.67. The number of allylic oxidation sites excluding steroid dienone is 3. The normalized spacial score (nSPS) is 21.4. The Morgan fingerprint density at radius 3 is 1.60 bits per heavy atom. The molecule has 1 N–H and O–H groups in total. The van der Waals surface area contributed by atoms with Crippen LogP contribution in [0.3, 0.4) is 0 Å². The van der Waals surface area contributed by atoms with Gasteiger partial charge < -0.3 is 0 Å². The fourth-order valence-corrected chi connectivity index (χ4v) is 2.86. The lowest BCUT2D eigenvalue weighted by atomic mass is 9.91. The van der Waals surface area contributed by atoms with Crippen LogP contribution < -0.4 is 0 Å². The molecule has 0 radical (unpaired) electrons. The fraction of sp³-hybridized carbons (Fsp3) is 0.238. The molecule has 0 bridgehead atoms. The molecule has 0 saturated carbocycles. The summed E-state index contributed by atoms with van der Waals surface area (Å²) in [6, 6.07) is 22.3. The van der Waals surface area contributed by atoms with E-state index in [-0.39, 0.29) is 5.92 Å². The number of hydrogen-bond acceptors (Lipinski definition) is 2. The zero-order chi connectivity index (χ0) is 18.8. The summed E-state index contributed by atoms with van der Waals surface area (Å²) in [5.74, 6) is -0.197. The van der Waals surface area contributed by atoms with Crippen molar-refractivity contribution in [3.05, 3.63) is 96.6 Å². The molecule has 0 heterocycles. The van der Waals surface area contributed by atoms with Gasteiger partial charge >= 0.3 is 0 Å². The summed E-state index contributed by atoms with van der Waals surface area (Å²) in [5.41, 5.74) is 1.32. The Hall–Kier alpha value is -2.17. The molecule has 2 aromatic rings. The molecule has 3 nitrogen and oxygen atoms in total. The largest absolute Gasteiger partial charge is 0.285 e. The van der Waals surface area contributed by atoms with Crippen molar-refractivity contribution in [2.45, 2.75) is 25.5 Å². The Morgan fingerprint density at radius 2 is 1.32 bits per heavy atom. The van der Waals surface area contributed by atoms with Crippen LogP contribution in [0.1, 0.15) is 19.4 Å². The standard InChI is InChI=1S/C8H12O3S.C7H8.C6H6/c1-7-5-3-4-6-8(7,2)12(9,10)11;1-7-5-3-2-4-6-7;1-2-4-6-5-3-1/h3-7H,1-2H3,(H,9,10,11);2-6H,1H3;1-6H. The van der Waals surface area contributed by atoms with Gasteiger partial charge in [0.05, 0.1) is 0 Å². The van der Waals surface area contributed by atoms with E-state index in [0.29, 0.717) is 0 Å². The summed E-state index contributed by atoms with van der Waals surface area (Å²) in [6.45, 7) is 5.35. The Morgan fingerprint density at radius 1 is 0.880 bits per heavy atom. The Bertz CT molecular complexity index is 739. The smallest absolute Gasteiger partial charge is 0.274 e. The number of benzene rings is 2. The van der Waals surface area contributed by atoms with Crippen molar-refractivity contribution >= 4 is 10.1 Å². The van der Waals surface area contributed by atoms with Gasteiger partial charge in [0.2, 0.25) is 0 Å². The van der Waals surface area contributed by atoms with Crippen LogP contribution in [0.2, 0.25) is 0 Å². The summed E-state index contributed by atoms with van der Waals surface area (Å²) in [5, 5.41) is 0. The van der Waals surface area contributed by atoms with Gasteiger partial charge in [0.25, 0.3) is 10.1 Å². The van der Waals surface area contributed by atoms with E-state index < -0.39 is 14.9 Å². The van der Waals surface area contributed by atoms with E-state index in [1.165, 1.54) is 18.6 Å². The Kier molecular flexibility index (Phi) is 8.32. The molecule has 4 heteroatoms. The van der Waals surface area contributed by atoms with Crippen LogP contribution in [0.5, 0.6) is 0 Å². The molecular weight excluding hydrogens is 332 g/mol. The third-order valence-electron chi connectivity index (χ3n) is 4.01. The third-order valence-corrected chi connectivity index (χ3v) is 5.62. The average molecular weight is 359 g/mol. The molecule has 0 aliphatic heterocycles. The first-order valence-corrected chi connectivity index (χ1v) is 9.56. The first-order valence-electron chi connectivity index (χ1n) is 8.12. The van der Waals surface area contributed by atoms with Gasteiger partial charge in [-0.05, 0) is 19.8 Å². The van der Waals surface area contributed by atoms with Crippen LogP contribution in [-0.2, 0) is 10.1 Å². The molecule has 0 fully saturated rings. The van der Waals surface area contributed by atoms with Gasteiger partial charge in [-0.1, -0.05) is 104 Å². The van der Waals surface area contributed by atoms with Gasteiger partial charge in [-0.2, -0.15) is 8.42 Å². The zero-order valence-electron chi connectivity index (χ0n) is 14.9. The second kappa shape index (κ2) is 9.97. The topological polar surface area (TPSA) is 54.4 Å². The molecule has 2 atom stereocenters. The molecule has 1 aliphatic carbocycles. The molecule has 1 aliphatic rings. The van der Waals surface area contributed by atoms with Crippen LogP contribution in [-0.4, -0.2) is 17.7 Å². The van der Waals surface area contributed by atoms with E-state index in [4.69, 9.17) is 4.55 Å². The van der Waals surface area contributed by atoms with Crippen molar-refractivity contribution in [1.82, 2.24) is 0 Å². The molecule has 0 saturated heterocycles. The Labute approximate surface area is 151 Å². The number of rotatable bonds is 1. The minimum absolute atomic E-state index is 0.197. The highest BCUT2D eigenvalue weighted by Gasteiger charge is 2.40. The summed E-state index contributed by atoms with van der Waals surface area (Å²) in [7, 11) is -4.01. The van der Waals surface area contributed by atoms with Gasteiger partial charge in [-0.15, -0.1) is 0 Å². The zero-order valence-corrected chi connectivity index (χ0v) is 15.7. The molecular formula is C21H26O3S. The molecule has 3 rings (SSSR count). The van der Waals surface area contributed by atoms with Crippen molar-refractivity contribution in [2.24, 2.45) is 5.92 Å². The quantitative estimate of drug-likeness (QED) is 0.724. The van der Waals surface area contributed by atoms with Gasteiger partial charge in [-0.3, -0.25) is 4.55 Å². The summed E-state index contributed by atoms with van der Waals surface area (Å²) < 4.78 is 29.8. The summed E-state index contributed by atoms with van der Waals surface area (Å²) in [4.78, 5) is 0. The van der Waals surface area contributed by atoms with E-state index in [9.17, 15) is 8.42 Å². The van der Waals surface area contributed by atoms with Gasteiger partial charge in [0.1, 0.15) is 4.75 Å². The Balaban J connectivity index is 0.000000203. The first kappa shape index (κ1) is 20.9. The average Bonchev–Trinajstić information content (AvgIpc) is 2.60. The lowest BCUT2D eigenvalue weighted by Gasteiger charge is -2.29. The van der Waals surface area contributed by atoms with Gasteiger partial charge in [-0.25, -0.2) is 0 Å². The van der Waals surface area contributed by atoms with E-state index in [0.717, 1.165) is 0 Å². The maximum Gasteiger partial charge on any atom is 0.274 e. The lowest BCUT2D eigenvalue weighted by molar-refractivity contribution is 0.426. The lowest BCUT2D eigenvalue weighted by Crippen LogP contribution is -2.39. The van der Waals surface area contributed by atoms with Gasteiger partial charge in [0, 0.05) is 0 Å². The van der Waals surface area contributed by atoms with Crippen molar-refractivity contribution in [3.8, 4) is 0 Å². The van der Waals surface area contributed by atoms with Crippen LogP contribution in [0.4, 0.5) is 0 Å². The molecule has 0 aromatic heterocycles. The maximum atomic E-state index is 11.0. The van der Waals surface area contributed by atoms with E-state index in [2.05, 4.69) is 19.1 Å². The minimum Gasteiger partial charge on any atom is -0.285 e.